The van der Waals surface area contributed by atoms with Crippen molar-refractivity contribution in [3.63, 3.8) is 0 Å². The molecule has 0 aromatic heterocycles. The van der Waals surface area contributed by atoms with E-state index in [1.807, 2.05) is 0 Å². The predicted octanol–water partition coefficient (Wildman–Crippen LogP) is 1.86. The molecule has 2 fully saturated rings. The number of fused-ring (bicyclic) bond motifs is 2. The van der Waals surface area contributed by atoms with Crippen LogP contribution < -0.4 is 5.73 Å². The van der Waals surface area contributed by atoms with Gasteiger partial charge in [-0.1, -0.05) is 6.42 Å². The van der Waals surface area contributed by atoms with Crippen molar-refractivity contribution >= 4 is 5.97 Å². The van der Waals surface area contributed by atoms with Gasteiger partial charge in [-0.2, -0.15) is 0 Å². The normalized spacial score (nSPS) is 35.7. The van der Waals surface area contributed by atoms with Gasteiger partial charge >= 0.3 is 5.97 Å². The van der Waals surface area contributed by atoms with Crippen molar-refractivity contribution in [2.45, 2.75) is 38.5 Å². The topological polar surface area (TPSA) is 63.3 Å². The molecule has 0 amide bonds. The number of carboxylic acids is 1. The molecule has 0 radical (unpaired) electrons. The third-order valence-corrected chi connectivity index (χ3v) is 4.34. The Hall–Kier alpha value is -0.570. The van der Waals surface area contributed by atoms with Crippen LogP contribution in [-0.2, 0) is 4.79 Å². The monoisotopic (exact) mass is 211 g/mol. The molecule has 4 unspecified atom stereocenters. The Morgan fingerprint density at radius 3 is 2.67 bits per heavy atom. The Morgan fingerprint density at radius 2 is 2.20 bits per heavy atom. The Balaban J connectivity index is 1.86. The molecule has 3 heteroatoms. The Kier molecular flexibility index (Phi) is 3.29. The first-order valence-corrected chi connectivity index (χ1v) is 6.13. The Bertz CT molecular complexity index is 242. The summed E-state index contributed by atoms with van der Waals surface area (Å²) in [5.41, 5.74) is 5.45. The highest BCUT2D eigenvalue weighted by Gasteiger charge is 2.40. The summed E-state index contributed by atoms with van der Waals surface area (Å²) in [4.78, 5) is 11.0. The maximum Gasteiger partial charge on any atom is 0.306 e. The lowest BCUT2D eigenvalue weighted by atomic mass is 9.81. The Labute approximate surface area is 91.0 Å². The molecular weight excluding hydrogens is 190 g/mol. The first-order valence-electron chi connectivity index (χ1n) is 6.13. The molecule has 2 aliphatic rings. The van der Waals surface area contributed by atoms with Crippen molar-refractivity contribution in [3.8, 4) is 0 Å². The summed E-state index contributed by atoms with van der Waals surface area (Å²) in [5, 5.41) is 9.08. The lowest BCUT2D eigenvalue weighted by Crippen LogP contribution is -2.23. The van der Waals surface area contributed by atoms with E-state index in [1.165, 1.54) is 25.7 Å². The van der Waals surface area contributed by atoms with Crippen LogP contribution >= 0.6 is 0 Å². The van der Waals surface area contributed by atoms with Crippen molar-refractivity contribution in [1.82, 2.24) is 0 Å². The van der Waals surface area contributed by atoms with Gasteiger partial charge in [-0.3, -0.25) is 4.79 Å². The van der Waals surface area contributed by atoms with E-state index in [4.69, 9.17) is 10.8 Å². The SMILES string of the molecule is NCCC(CC1CC2CCC1C2)C(=O)O. The van der Waals surface area contributed by atoms with E-state index < -0.39 is 5.97 Å². The highest BCUT2D eigenvalue weighted by atomic mass is 16.4. The standard InChI is InChI=1S/C12H21NO2/c13-4-3-10(12(14)15)7-11-6-8-1-2-9(11)5-8/h8-11H,1-7,13H2,(H,14,15). The van der Waals surface area contributed by atoms with Crippen LogP contribution in [0.5, 0.6) is 0 Å². The van der Waals surface area contributed by atoms with Gasteiger partial charge < -0.3 is 10.8 Å². The maximum atomic E-state index is 11.0. The van der Waals surface area contributed by atoms with Crippen LogP contribution in [0.4, 0.5) is 0 Å². The fraction of sp³-hybridized carbons (Fsp3) is 0.917. The van der Waals surface area contributed by atoms with Crippen LogP contribution in [0, 0.1) is 23.7 Å². The van der Waals surface area contributed by atoms with E-state index >= 15 is 0 Å². The maximum absolute atomic E-state index is 11.0. The first-order chi connectivity index (χ1) is 7.20. The molecule has 0 aromatic carbocycles. The molecule has 86 valence electrons. The Morgan fingerprint density at radius 1 is 1.40 bits per heavy atom. The number of rotatable bonds is 5. The molecule has 0 saturated heterocycles. The molecule has 2 rings (SSSR count). The quantitative estimate of drug-likeness (QED) is 0.729. The molecule has 0 aliphatic heterocycles. The van der Waals surface area contributed by atoms with Gasteiger partial charge in [-0.15, -0.1) is 0 Å². The zero-order chi connectivity index (χ0) is 10.8. The van der Waals surface area contributed by atoms with Crippen molar-refractivity contribution < 1.29 is 9.90 Å². The summed E-state index contributed by atoms with van der Waals surface area (Å²) in [6.45, 7) is 0.498. The van der Waals surface area contributed by atoms with E-state index in [9.17, 15) is 4.79 Å². The lowest BCUT2D eigenvalue weighted by molar-refractivity contribution is -0.142. The van der Waals surface area contributed by atoms with E-state index in [0.717, 1.165) is 18.3 Å². The number of aliphatic carboxylic acids is 1. The second kappa shape index (κ2) is 4.52. The molecular formula is C12H21NO2. The average Bonchev–Trinajstić information content (AvgIpc) is 2.78. The molecule has 4 atom stereocenters. The van der Waals surface area contributed by atoms with Crippen molar-refractivity contribution in [1.29, 1.82) is 0 Å². The molecule has 2 saturated carbocycles. The van der Waals surface area contributed by atoms with Crippen LogP contribution in [0.15, 0.2) is 0 Å². The molecule has 0 aromatic rings. The van der Waals surface area contributed by atoms with Gasteiger partial charge in [-0.25, -0.2) is 0 Å². The summed E-state index contributed by atoms with van der Waals surface area (Å²) in [5.74, 6) is 1.57. The highest BCUT2D eigenvalue weighted by Crippen LogP contribution is 2.50. The minimum atomic E-state index is -0.650. The molecule has 2 aliphatic carbocycles. The summed E-state index contributed by atoms with van der Waals surface area (Å²) in [6, 6.07) is 0. The van der Waals surface area contributed by atoms with Gasteiger partial charge in [0.2, 0.25) is 0 Å². The van der Waals surface area contributed by atoms with Crippen LogP contribution in [0.25, 0.3) is 0 Å². The van der Waals surface area contributed by atoms with Gasteiger partial charge in [-0.05, 0) is 56.4 Å². The van der Waals surface area contributed by atoms with E-state index in [0.29, 0.717) is 18.9 Å². The summed E-state index contributed by atoms with van der Waals surface area (Å²) in [7, 11) is 0. The molecule has 15 heavy (non-hydrogen) atoms. The van der Waals surface area contributed by atoms with Crippen LogP contribution in [-0.4, -0.2) is 17.6 Å². The van der Waals surface area contributed by atoms with Crippen LogP contribution in [0.2, 0.25) is 0 Å². The minimum Gasteiger partial charge on any atom is -0.481 e. The van der Waals surface area contributed by atoms with E-state index in [2.05, 4.69) is 0 Å². The lowest BCUT2D eigenvalue weighted by Gasteiger charge is -2.24. The number of hydrogen-bond donors (Lipinski definition) is 2. The number of hydrogen-bond acceptors (Lipinski definition) is 2. The molecule has 2 bridgehead atoms. The molecule has 3 N–H and O–H groups in total. The number of carboxylic acid groups (broad SMARTS) is 1. The molecule has 0 heterocycles. The summed E-state index contributed by atoms with van der Waals surface area (Å²) < 4.78 is 0. The third-order valence-electron chi connectivity index (χ3n) is 4.34. The summed E-state index contributed by atoms with van der Waals surface area (Å²) in [6.07, 6.45) is 6.87. The van der Waals surface area contributed by atoms with Gasteiger partial charge in [0, 0.05) is 0 Å². The molecule has 3 nitrogen and oxygen atoms in total. The second-order valence-electron chi connectivity index (χ2n) is 5.28. The van der Waals surface area contributed by atoms with Gasteiger partial charge in [0.25, 0.3) is 0 Å². The zero-order valence-corrected chi connectivity index (χ0v) is 9.19. The smallest absolute Gasteiger partial charge is 0.306 e. The average molecular weight is 211 g/mol. The second-order valence-corrected chi connectivity index (χ2v) is 5.28. The van der Waals surface area contributed by atoms with Crippen LogP contribution in [0.3, 0.4) is 0 Å². The largest absolute Gasteiger partial charge is 0.481 e. The number of nitrogens with two attached hydrogens (primary N) is 1. The number of carbonyl (C=O) groups is 1. The fourth-order valence-electron chi connectivity index (χ4n) is 3.57. The van der Waals surface area contributed by atoms with Crippen molar-refractivity contribution in [2.75, 3.05) is 6.54 Å². The first kappa shape index (κ1) is 10.9. The van der Waals surface area contributed by atoms with Gasteiger partial charge in [0.05, 0.1) is 5.92 Å². The predicted molar refractivity (Wildman–Crippen MR) is 58.4 cm³/mol. The van der Waals surface area contributed by atoms with Crippen molar-refractivity contribution in [2.24, 2.45) is 29.4 Å². The third kappa shape index (κ3) is 2.33. The van der Waals surface area contributed by atoms with Gasteiger partial charge in [0.1, 0.15) is 0 Å². The fourth-order valence-corrected chi connectivity index (χ4v) is 3.57. The van der Waals surface area contributed by atoms with E-state index in [-0.39, 0.29) is 5.92 Å². The summed E-state index contributed by atoms with van der Waals surface area (Å²) >= 11 is 0. The van der Waals surface area contributed by atoms with Crippen LogP contribution in [0.1, 0.15) is 38.5 Å². The minimum absolute atomic E-state index is 0.195. The zero-order valence-electron chi connectivity index (χ0n) is 9.19. The van der Waals surface area contributed by atoms with Gasteiger partial charge in [0.15, 0.2) is 0 Å². The van der Waals surface area contributed by atoms with E-state index in [1.54, 1.807) is 0 Å². The van der Waals surface area contributed by atoms with Crippen molar-refractivity contribution in [3.05, 3.63) is 0 Å². The molecule has 0 spiro atoms. The highest BCUT2D eigenvalue weighted by molar-refractivity contribution is 5.69.